The number of ether oxygens (including phenoxy) is 1. The first kappa shape index (κ1) is 26.0. The van der Waals surface area contributed by atoms with Crippen LogP contribution >= 0.6 is 0 Å². The summed E-state index contributed by atoms with van der Waals surface area (Å²) in [6.07, 6.45) is 0.722. The van der Waals surface area contributed by atoms with Gasteiger partial charge in [-0.2, -0.15) is 8.42 Å². The molecule has 0 aliphatic rings. The Hall–Kier alpha value is -3.59. The molecular weight excluding hydrogens is 471 g/mol. The normalized spacial score (nSPS) is 12.0. The maximum absolute atomic E-state index is 13.2. The predicted molar refractivity (Wildman–Crippen MR) is 133 cm³/mol. The third-order valence-electron chi connectivity index (χ3n) is 5.57. The van der Waals surface area contributed by atoms with Crippen LogP contribution in [0, 0.1) is 12.7 Å². The molecular formula is C26H29FN2O5S. The number of anilines is 1. The number of nitrogens with zero attached hydrogens (tertiary/aromatic N) is 1. The maximum atomic E-state index is 13.2. The molecule has 0 aliphatic heterocycles. The summed E-state index contributed by atoms with van der Waals surface area (Å²) < 4.78 is 49.3. The average Bonchev–Trinajstić information content (AvgIpc) is 2.83. The smallest absolute Gasteiger partial charge is 0.339 e. The fourth-order valence-corrected chi connectivity index (χ4v) is 4.26. The second-order valence-corrected chi connectivity index (χ2v) is 9.70. The number of methoxy groups -OCH3 is 1. The molecule has 2 amide bonds. The van der Waals surface area contributed by atoms with Gasteiger partial charge in [0.1, 0.15) is 10.7 Å². The summed E-state index contributed by atoms with van der Waals surface area (Å²) in [4.78, 5) is 14.6. The lowest BCUT2D eigenvalue weighted by molar-refractivity contribution is 0.187. The number of carbonyl (C=O) groups is 1. The van der Waals surface area contributed by atoms with Gasteiger partial charge in [-0.05, 0) is 74.4 Å². The minimum Gasteiger partial charge on any atom is -0.493 e. The monoisotopic (exact) mass is 500 g/mol. The van der Waals surface area contributed by atoms with E-state index in [1.54, 1.807) is 17.0 Å². The number of aryl methyl sites for hydroxylation is 1. The van der Waals surface area contributed by atoms with Gasteiger partial charge in [-0.25, -0.2) is 9.18 Å². The van der Waals surface area contributed by atoms with Gasteiger partial charge in [-0.15, -0.1) is 0 Å². The van der Waals surface area contributed by atoms with Crippen molar-refractivity contribution < 1.29 is 26.5 Å². The van der Waals surface area contributed by atoms with E-state index in [4.69, 9.17) is 8.92 Å². The van der Waals surface area contributed by atoms with Crippen LogP contribution in [0.2, 0.25) is 0 Å². The van der Waals surface area contributed by atoms with Crippen LogP contribution in [0.25, 0.3) is 0 Å². The van der Waals surface area contributed by atoms with Crippen molar-refractivity contribution in [1.29, 1.82) is 0 Å². The van der Waals surface area contributed by atoms with Gasteiger partial charge in [-0.1, -0.05) is 30.7 Å². The van der Waals surface area contributed by atoms with Crippen molar-refractivity contribution in [1.82, 2.24) is 4.90 Å². The summed E-state index contributed by atoms with van der Waals surface area (Å²) in [5.74, 6) is -0.381. The second-order valence-electron chi connectivity index (χ2n) is 8.16. The predicted octanol–water partition coefficient (Wildman–Crippen LogP) is 5.74. The molecule has 0 bridgehead atoms. The fourth-order valence-electron chi connectivity index (χ4n) is 3.33. The van der Waals surface area contributed by atoms with E-state index in [0.717, 1.165) is 36.2 Å². The van der Waals surface area contributed by atoms with E-state index in [1.165, 1.54) is 13.2 Å². The number of urea groups is 1. The molecule has 0 aromatic heterocycles. The van der Waals surface area contributed by atoms with E-state index >= 15 is 0 Å². The Labute approximate surface area is 205 Å². The Morgan fingerprint density at radius 2 is 1.69 bits per heavy atom. The number of amides is 2. The molecule has 3 aromatic carbocycles. The molecule has 0 heterocycles. The van der Waals surface area contributed by atoms with E-state index in [9.17, 15) is 17.6 Å². The van der Waals surface area contributed by atoms with Crippen molar-refractivity contribution in [2.75, 3.05) is 12.4 Å². The highest BCUT2D eigenvalue weighted by Gasteiger charge is 2.23. The van der Waals surface area contributed by atoms with Gasteiger partial charge in [0.2, 0.25) is 0 Å². The summed E-state index contributed by atoms with van der Waals surface area (Å²) in [5, 5.41) is 2.91. The van der Waals surface area contributed by atoms with Crippen LogP contribution in [0.3, 0.4) is 0 Å². The van der Waals surface area contributed by atoms with Gasteiger partial charge in [0.05, 0.1) is 7.11 Å². The molecule has 0 fully saturated rings. The standard InChI is InChI=1S/C26H29FN2O5S/c1-5-19(3)29(26(30)28-22-11-6-18(2)7-12-22)17-20-8-15-24(33-4)25(16-20)34-35(31,32)23-13-9-21(27)10-14-23/h6-16,19H,5,17H2,1-4H3,(H,28,30)/t19-/m1/s1. The number of carbonyl (C=O) groups excluding carboxylic acids is 1. The number of benzene rings is 3. The van der Waals surface area contributed by atoms with E-state index in [1.807, 2.05) is 45.0 Å². The van der Waals surface area contributed by atoms with E-state index in [0.29, 0.717) is 11.3 Å². The zero-order valence-electron chi connectivity index (χ0n) is 20.1. The largest absolute Gasteiger partial charge is 0.493 e. The number of hydrogen-bond acceptors (Lipinski definition) is 5. The van der Waals surface area contributed by atoms with Crippen LogP contribution in [-0.2, 0) is 16.7 Å². The Morgan fingerprint density at radius 1 is 1.03 bits per heavy atom. The average molecular weight is 501 g/mol. The molecule has 7 nitrogen and oxygen atoms in total. The van der Waals surface area contributed by atoms with Crippen molar-refractivity contribution in [3.63, 3.8) is 0 Å². The summed E-state index contributed by atoms with van der Waals surface area (Å²) in [7, 11) is -2.83. The molecule has 1 atom stereocenters. The van der Waals surface area contributed by atoms with Crippen LogP contribution in [0.5, 0.6) is 11.5 Å². The first-order chi connectivity index (χ1) is 16.6. The van der Waals surface area contributed by atoms with Gasteiger partial charge in [0.25, 0.3) is 0 Å². The topological polar surface area (TPSA) is 84.9 Å². The highest BCUT2D eigenvalue weighted by molar-refractivity contribution is 7.87. The van der Waals surface area contributed by atoms with Crippen LogP contribution in [0.4, 0.5) is 14.9 Å². The summed E-state index contributed by atoms with van der Waals surface area (Å²) in [6.45, 7) is 6.10. The SMILES string of the molecule is CC[C@@H](C)N(Cc1ccc(OC)c(OS(=O)(=O)c2ccc(F)cc2)c1)C(=O)Nc1ccc(C)cc1. The van der Waals surface area contributed by atoms with Crippen molar-refractivity contribution in [3.05, 3.63) is 83.7 Å². The van der Waals surface area contributed by atoms with Crippen molar-refractivity contribution in [2.24, 2.45) is 0 Å². The molecule has 0 aliphatic carbocycles. The lowest BCUT2D eigenvalue weighted by Crippen LogP contribution is -2.40. The summed E-state index contributed by atoms with van der Waals surface area (Å²) in [6, 6.07) is 16.3. The zero-order valence-corrected chi connectivity index (χ0v) is 20.9. The second kappa shape index (κ2) is 11.2. The van der Waals surface area contributed by atoms with Crippen molar-refractivity contribution in [3.8, 4) is 11.5 Å². The molecule has 186 valence electrons. The molecule has 0 radical (unpaired) electrons. The molecule has 1 N–H and O–H groups in total. The van der Waals surface area contributed by atoms with Gasteiger partial charge in [0, 0.05) is 18.3 Å². The molecule has 0 saturated carbocycles. The third kappa shape index (κ3) is 6.73. The van der Waals surface area contributed by atoms with Crippen LogP contribution < -0.4 is 14.2 Å². The minimum absolute atomic E-state index is 0.0302. The Kier molecular flexibility index (Phi) is 8.34. The number of hydrogen-bond donors (Lipinski definition) is 1. The van der Waals surface area contributed by atoms with Crippen LogP contribution in [0.1, 0.15) is 31.4 Å². The van der Waals surface area contributed by atoms with Crippen molar-refractivity contribution in [2.45, 2.75) is 44.7 Å². The Morgan fingerprint density at radius 3 is 2.29 bits per heavy atom. The van der Waals surface area contributed by atoms with Crippen LogP contribution in [-0.4, -0.2) is 32.5 Å². The molecule has 9 heteroatoms. The van der Waals surface area contributed by atoms with E-state index in [2.05, 4.69) is 5.32 Å². The Bertz CT molecular complexity index is 1260. The van der Waals surface area contributed by atoms with Crippen molar-refractivity contribution >= 4 is 21.8 Å². The lowest BCUT2D eigenvalue weighted by Gasteiger charge is -2.29. The minimum atomic E-state index is -4.23. The number of rotatable bonds is 9. The maximum Gasteiger partial charge on any atom is 0.339 e. The Balaban J connectivity index is 1.85. The molecule has 0 spiro atoms. The zero-order chi connectivity index (χ0) is 25.6. The quantitative estimate of drug-likeness (QED) is 0.379. The van der Waals surface area contributed by atoms with E-state index in [-0.39, 0.29) is 35.0 Å². The lowest BCUT2D eigenvalue weighted by atomic mass is 10.1. The van der Waals surface area contributed by atoms with E-state index < -0.39 is 15.9 Å². The van der Waals surface area contributed by atoms with Gasteiger partial charge in [0.15, 0.2) is 11.5 Å². The highest BCUT2D eigenvalue weighted by Crippen LogP contribution is 2.32. The summed E-state index contributed by atoms with van der Waals surface area (Å²) in [5.41, 5.74) is 2.41. The molecule has 3 aromatic rings. The third-order valence-corrected chi connectivity index (χ3v) is 6.82. The number of nitrogens with one attached hydrogen (secondary N) is 1. The molecule has 3 rings (SSSR count). The highest BCUT2D eigenvalue weighted by atomic mass is 32.2. The molecule has 35 heavy (non-hydrogen) atoms. The molecule has 0 saturated heterocycles. The summed E-state index contributed by atoms with van der Waals surface area (Å²) >= 11 is 0. The molecule has 0 unspecified atom stereocenters. The fraction of sp³-hybridized carbons (Fsp3) is 0.269. The first-order valence-electron chi connectivity index (χ1n) is 11.1. The van der Waals surface area contributed by atoms with Gasteiger partial charge < -0.3 is 19.1 Å². The first-order valence-corrected chi connectivity index (χ1v) is 12.5. The number of halogens is 1. The van der Waals surface area contributed by atoms with Gasteiger partial charge >= 0.3 is 16.1 Å². The van der Waals surface area contributed by atoms with Gasteiger partial charge in [-0.3, -0.25) is 0 Å². The van der Waals surface area contributed by atoms with Crippen LogP contribution in [0.15, 0.2) is 71.6 Å².